The Bertz CT molecular complexity index is 584. The van der Waals surface area contributed by atoms with Crippen LogP contribution in [-0.4, -0.2) is 29.0 Å². The number of hydroxylamine groups is 2. The molecule has 0 unspecified atom stereocenters. The van der Waals surface area contributed by atoms with E-state index in [9.17, 15) is 13.6 Å². The van der Waals surface area contributed by atoms with E-state index in [2.05, 4.69) is 4.98 Å². The van der Waals surface area contributed by atoms with Crippen molar-refractivity contribution in [2.24, 2.45) is 5.41 Å². The largest absolute Gasteiger partial charge is 0.272 e. The molecule has 1 fully saturated rings. The Balaban J connectivity index is 2.29. The van der Waals surface area contributed by atoms with Crippen molar-refractivity contribution in [1.29, 1.82) is 5.26 Å². The second-order valence-electron chi connectivity index (χ2n) is 5.41. The van der Waals surface area contributed by atoms with Crippen molar-refractivity contribution in [3.63, 3.8) is 0 Å². The van der Waals surface area contributed by atoms with Gasteiger partial charge in [-0.3, -0.25) is 14.6 Å². The maximum absolute atomic E-state index is 13.0. The van der Waals surface area contributed by atoms with Crippen LogP contribution in [0.25, 0.3) is 0 Å². The lowest BCUT2D eigenvalue weighted by atomic mass is 9.91. The topological polar surface area (TPSA) is 66.2 Å². The van der Waals surface area contributed by atoms with Gasteiger partial charge in [0.1, 0.15) is 11.5 Å². The first-order chi connectivity index (χ1) is 9.87. The lowest BCUT2D eigenvalue weighted by molar-refractivity contribution is -0.194. The van der Waals surface area contributed by atoms with E-state index in [1.54, 1.807) is 6.07 Å². The zero-order valence-corrected chi connectivity index (χ0v) is 11.7. The minimum atomic E-state index is -2.79. The Labute approximate surface area is 121 Å². The molecular weight excluding hydrogens is 280 g/mol. The smallest absolute Gasteiger partial charge is 0.258 e. The van der Waals surface area contributed by atoms with Gasteiger partial charge in [0.2, 0.25) is 0 Å². The van der Waals surface area contributed by atoms with Gasteiger partial charge < -0.3 is 0 Å². The van der Waals surface area contributed by atoms with E-state index >= 15 is 0 Å². The van der Waals surface area contributed by atoms with Gasteiger partial charge >= 0.3 is 0 Å². The lowest BCUT2D eigenvalue weighted by Crippen LogP contribution is -2.43. The Hall–Kier alpha value is -2.07. The molecule has 1 aliphatic rings. The van der Waals surface area contributed by atoms with Gasteiger partial charge in [-0.15, -0.1) is 0 Å². The number of rotatable bonds is 3. The highest BCUT2D eigenvalue weighted by molar-refractivity contribution is 5.82. The molecule has 0 N–H and O–H groups in total. The van der Waals surface area contributed by atoms with Crippen molar-refractivity contribution in [3.05, 3.63) is 29.6 Å². The Kier molecular flexibility index (Phi) is 4.19. The number of hydrogen-bond donors (Lipinski definition) is 0. The van der Waals surface area contributed by atoms with E-state index in [0.717, 1.165) is 5.06 Å². The highest BCUT2D eigenvalue weighted by Gasteiger charge is 2.45. The predicted octanol–water partition coefficient (Wildman–Crippen LogP) is 2.45. The predicted molar refractivity (Wildman–Crippen MR) is 68.9 cm³/mol. The van der Waals surface area contributed by atoms with Crippen LogP contribution in [0.5, 0.6) is 0 Å². The molecule has 1 atom stereocenters. The van der Waals surface area contributed by atoms with Gasteiger partial charge in [0.05, 0.1) is 18.2 Å². The van der Waals surface area contributed by atoms with Crippen molar-refractivity contribution in [1.82, 2.24) is 10.0 Å². The Morgan fingerprint density at radius 2 is 2.29 bits per heavy atom. The summed E-state index contributed by atoms with van der Waals surface area (Å²) in [6.45, 7) is 2.62. The van der Waals surface area contributed by atoms with Crippen LogP contribution < -0.4 is 0 Å². The molecule has 21 heavy (non-hydrogen) atoms. The van der Waals surface area contributed by atoms with Gasteiger partial charge in [-0.2, -0.15) is 5.26 Å². The molecule has 0 aliphatic carbocycles. The molecule has 0 radical (unpaired) electrons. The van der Waals surface area contributed by atoms with Crippen LogP contribution >= 0.6 is 0 Å². The number of nitrogens with zero attached hydrogens (tertiary/aromatic N) is 3. The first kappa shape index (κ1) is 15.3. The number of halogens is 2. The van der Waals surface area contributed by atoms with Crippen molar-refractivity contribution in [2.45, 2.75) is 32.7 Å². The number of pyridine rings is 1. The minimum absolute atomic E-state index is 0.256. The number of amides is 1. The number of hydrogen-bond acceptors (Lipinski definition) is 4. The van der Waals surface area contributed by atoms with Crippen LogP contribution in [0.4, 0.5) is 8.78 Å². The third-order valence-electron chi connectivity index (χ3n) is 3.47. The maximum atomic E-state index is 13.0. The normalized spacial score (nSPS) is 18.9. The molecule has 1 saturated heterocycles. The quantitative estimate of drug-likeness (QED) is 0.859. The first-order valence-electron chi connectivity index (χ1n) is 6.47. The van der Waals surface area contributed by atoms with Crippen LogP contribution in [0.3, 0.4) is 0 Å². The molecule has 0 saturated carbocycles. The molecule has 2 rings (SSSR count). The fourth-order valence-electron chi connectivity index (χ4n) is 2.05. The van der Waals surface area contributed by atoms with Gasteiger partial charge in [0.25, 0.3) is 12.3 Å². The maximum Gasteiger partial charge on any atom is 0.258 e. The van der Waals surface area contributed by atoms with Crippen LogP contribution in [0.1, 0.15) is 37.4 Å². The summed E-state index contributed by atoms with van der Waals surface area (Å²) in [7, 11) is 0. The number of alkyl halides is 2. The SMILES string of the molecule is CC(C)(C(=O)N1OCC[C@H]1c1cncc(C#N)c1)C(F)F. The van der Waals surface area contributed by atoms with E-state index < -0.39 is 23.8 Å². The summed E-state index contributed by atoms with van der Waals surface area (Å²) in [5, 5.41) is 9.87. The zero-order chi connectivity index (χ0) is 15.6. The fraction of sp³-hybridized carbons (Fsp3) is 0.500. The minimum Gasteiger partial charge on any atom is -0.272 e. The lowest BCUT2D eigenvalue weighted by Gasteiger charge is -2.30. The van der Waals surface area contributed by atoms with Crippen LogP contribution in [0.15, 0.2) is 18.5 Å². The molecule has 0 aromatic carbocycles. The summed E-state index contributed by atoms with van der Waals surface area (Å²) < 4.78 is 26.0. The standard InChI is InChI=1S/C14H15F2N3O2/c1-14(2,12(15)16)13(20)19-11(3-4-21-19)10-5-9(6-17)7-18-8-10/h5,7-8,11-12H,3-4H2,1-2H3/t11-/m0/s1. The van der Waals surface area contributed by atoms with E-state index in [4.69, 9.17) is 10.1 Å². The Morgan fingerprint density at radius 1 is 1.57 bits per heavy atom. The summed E-state index contributed by atoms with van der Waals surface area (Å²) in [6, 6.07) is 3.04. The molecule has 5 nitrogen and oxygen atoms in total. The second-order valence-corrected chi connectivity index (χ2v) is 5.41. The van der Waals surface area contributed by atoms with Crippen LogP contribution in [0.2, 0.25) is 0 Å². The number of carbonyl (C=O) groups excluding carboxylic acids is 1. The average molecular weight is 295 g/mol. The molecule has 112 valence electrons. The number of nitriles is 1. The first-order valence-corrected chi connectivity index (χ1v) is 6.47. The number of aromatic nitrogens is 1. The summed E-state index contributed by atoms with van der Waals surface area (Å²) >= 11 is 0. The molecule has 1 aliphatic heterocycles. The summed E-state index contributed by atoms with van der Waals surface area (Å²) in [5.74, 6) is -0.776. The van der Waals surface area contributed by atoms with Crippen LogP contribution in [-0.2, 0) is 9.63 Å². The van der Waals surface area contributed by atoms with Crippen LogP contribution in [0, 0.1) is 16.7 Å². The van der Waals surface area contributed by atoms with Gasteiger partial charge in [-0.1, -0.05) is 0 Å². The van der Waals surface area contributed by atoms with Gasteiger partial charge in [0, 0.05) is 18.8 Å². The molecular formula is C14H15F2N3O2. The van der Waals surface area contributed by atoms with Gasteiger partial charge in [-0.25, -0.2) is 13.8 Å². The van der Waals surface area contributed by atoms with E-state index in [1.165, 1.54) is 26.2 Å². The summed E-state index contributed by atoms with van der Waals surface area (Å²) in [6.07, 6.45) is 0.588. The van der Waals surface area contributed by atoms with Gasteiger partial charge in [0.15, 0.2) is 0 Å². The third-order valence-corrected chi connectivity index (χ3v) is 3.47. The van der Waals surface area contributed by atoms with Crippen molar-refractivity contribution >= 4 is 5.91 Å². The summed E-state index contributed by atoms with van der Waals surface area (Å²) in [5.41, 5.74) is -0.882. The van der Waals surface area contributed by atoms with Crippen molar-refractivity contribution < 1.29 is 18.4 Å². The molecule has 1 aromatic rings. The van der Waals surface area contributed by atoms with E-state index in [-0.39, 0.29) is 6.61 Å². The number of carbonyl (C=O) groups is 1. The molecule has 1 amide bonds. The van der Waals surface area contributed by atoms with Crippen molar-refractivity contribution in [3.8, 4) is 6.07 Å². The summed E-state index contributed by atoms with van der Waals surface area (Å²) in [4.78, 5) is 21.4. The molecule has 0 spiro atoms. The fourth-order valence-corrected chi connectivity index (χ4v) is 2.05. The zero-order valence-electron chi connectivity index (χ0n) is 11.7. The molecule has 2 heterocycles. The van der Waals surface area contributed by atoms with E-state index in [1.807, 2.05) is 6.07 Å². The highest BCUT2D eigenvalue weighted by atomic mass is 19.3. The third kappa shape index (κ3) is 2.85. The monoisotopic (exact) mass is 295 g/mol. The molecule has 1 aromatic heterocycles. The van der Waals surface area contributed by atoms with E-state index in [0.29, 0.717) is 17.5 Å². The Morgan fingerprint density at radius 3 is 2.90 bits per heavy atom. The average Bonchev–Trinajstić information content (AvgIpc) is 2.95. The molecule has 0 bridgehead atoms. The van der Waals surface area contributed by atoms with Gasteiger partial charge in [-0.05, 0) is 25.5 Å². The molecule has 7 heteroatoms. The second kappa shape index (κ2) is 5.74. The highest BCUT2D eigenvalue weighted by Crippen LogP contribution is 2.36. The van der Waals surface area contributed by atoms with Crippen molar-refractivity contribution in [2.75, 3.05) is 6.61 Å².